The second-order valence-electron chi connectivity index (χ2n) is 7.24. The van der Waals surface area contributed by atoms with Gasteiger partial charge in [0.15, 0.2) is 5.78 Å². The molecule has 2 aromatic rings. The molecule has 0 saturated heterocycles. The molecule has 0 saturated carbocycles. The van der Waals surface area contributed by atoms with Gasteiger partial charge in [-0.1, -0.05) is 36.4 Å². The molecule has 164 valence electrons. The predicted octanol–water partition coefficient (Wildman–Crippen LogP) is 3.62. The quantitative estimate of drug-likeness (QED) is 0.751. The number of nitrogens with one attached hydrogen (secondary N) is 1. The zero-order valence-corrected chi connectivity index (χ0v) is 17.0. The minimum atomic E-state index is -4.52. The summed E-state index contributed by atoms with van der Waals surface area (Å²) in [6, 6.07) is 12.6. The van der Waals surface area contributed by atoms with Crippen LogP contribution in [0, 0.1) is 5.92 Å². The molecule has 9 heteroatoms. The first-order valence-electron chi connectivity index (χ1n) is 9.67. The molecular formula is C22H22F3N3O3. The van der Waals surface area contributed by atoms with E-state index in [2.05, 4.69) is 10.3 Å². The van der Waals surface area contributed by atoms with Crippen molar-refractivity contribution in [3.63, 3.8) is 0 Å². The molecule has 1 N–H and O–H groups in total. The molecule has 31 heavy (non-hydrogen) atoms. The number of amides is 1. The molecule has 0 aliphatic carbocycles. The van der Waals surface area contributed by atoms with E-state index < -0.39 is 23.7 Å². The lowest BCUT2D eigenvalue weighted by Gasteiger charge is -2.23. The minimum absolute atomic E-state index is 0.0889. The molecule has 2 aromatic carbocycles. The topological polar surface area (TPSA) is 71.0 Å². The van der Waals surface area contributed by atoms with Crippen molar-refractivity contribution in [2.24, 2.45) is 10.9 Å². The molecule has 0 fully saturated rings. The number of rotatable bonds is 3. The molecule has 3 rings (SSSR count). The third-order valence-electron chi connectivity index (χ3n) is 4.85. The SMILES string of the molecule is CC1N/C(Oc2cccc(C(F)(F)F)c2)=N\CN(Cc2ccccc2)C(=O)C(C)C1=O. The molecule has 0 bridgehead atoms. The minimum Gasteiger partial charge on any atom is -0.426 e. The highest BCUT2D eigenvalue weighted by molar-refractivity contribution is 6.04. The molecule has 1 aliphatic rings. The Labute approximate surface area is 177 Å². The average molecular weight is 433 g/mol. The highest BCUT2D eigenvalue weighted by atomic mass is 19.4. The van der Waals surface area contributed by atoms with Crippen molar-refractivity contribution in [1.82, 2.24) is 10.2 Å². The van der Waals surface area contributed by atoms with Crippen molar-refractivity contribution in [2.45, 2.75) is 32.6 Å². The lowest BCUT2D eigenvalue weighted by atomic mass is 9.99. The van der Waals surface area contributed by atoms with Crippen molar-refractivity contribution in [3.8, 4) is 5.75 Å². The largest absolute Gasteiger partial charge is 0.426 e. The molecule has 1 heterocycles. The number of hydrogen-bond donors (Lipinski definition) is 1. The van der Waals surface area contributed by atoms with Crippen molar-refractivity contribution >= 4 is 17.7 Å². The maximum absolute atomic E-state index is 13.0. The van der Waals surface area contributed by atoms with Gasteiger partial charge in [-0.05, 0) is 37.6 Å². The third kappa shape index (κ3) is 5.62. The first-order chi connectivity index (χ1) is 14.6. The molecule has 1 aliphatic heterocycles. The van der Waals surface area contributed by atoms with Gasteiger partial charge < -0.3 is 15.0 Å². The Morgan fingerprint density at radius 3 is 2.48 bits per heavy atom. The van der Waals surface area contributed by atoms with Gasteiger partial charge >= 0.3 is 6.18 Å². The lowest BCUT2D eigenvalue weighted by molar-refractivity contribution is -0.141. The van der Waals surface area contributed by atoms with Crippen molar-refractivity contribution in [2.75, 3.05) is 6.67 Å². The second-order valence-corrected chi connectivity index (χ2v) is 7.24. The van der Waals surface area contributed by atoms with Crippen LogP contribution in [-0.2, 0) is 22.3 Å². The van der Waals surface area contributed by atoms with Gasteiger partial charge in [0.2, 0.25) is 5.91 Å². The number of hydrogen-bond acceptors (Lipinski definition) is 5. The second kappa shape index (κ2) is 9.20. The van der Waals surface area contributed by atoms with E-state index in [9.17, 15) is 22.8 Å². The monoisotopic (exact) mass is 433 g/mol. The maximum atomic E-state index is 13.0. The summed E-state index contributed by atoms with van der Waals surface area (Å²) in [6.45, 7) is 3.18. The number of Topliss-reactive ketones (excluding diaryl/α,β-unsaturated/α-hetero) is 1. The van der Waals surface area contributed by atoms with Crippen LogP contribution >= 0.6 is 0 Å². The summed E-state index contributed by atoms with van der Waals surface area (Å²) >= 11 is 0. The Morgan fingerprint density at radius 2 is 1.81 bits per heavy atom. The van der Waals surface area contributed by atoms with Crippen LogP contribution in [0.4, 0.5) is 13.2 Å². The Bertz CT molecular complexity index is 977. The van der Waals surface area contributed by atoms with E-state index in [0.29, 0.717) is 0 Å². The van der Waals surface area contributed by atoms with Gasteiger partial charge in [-0.2, -0.15) is 13.2 Å². The number of amidine groups is 1. The zero-order chi connectivity index (χ0) is 22.6. The summed E-state index contributed by atoms with van der Waals surface area (Å²) in [5.74, 6) is -1.75. The number of nitrogens with zero attached hydrogens (tertiary/aromatic N) is 2. The summed E-state index contributed by atoms with van der Waals surface area (Å²) in [4.78, 5) is 31.2. The van der Waals surface area contributed by atoms with E-state index in [1.54, 1.807) is 6.92 Å². The molecular weight excluding hydrogens is 411 g/mol. The van der Waals surface area contributed by atoms with E-state index in [-0.39, 0.29) is 36.7 Å². The van der Waals surface area contributed by atoms with Crippen LogP contribution in [0.5, 0.6) is 5.75 Å². The van der Waals surface area contributed by atoms with E-state index in [0.717, 1.165) is 17.7 Å². The van der Waals surface area contributed by atoms with Crippen LogP contribution in [0.1, 0.15) is 25.0 Å². The summed E-state index contributed by atoms with van der Waals surface area (Å²) in [5.41, 5.74) is -0.0152. The number of halogens is 3. The summed E-state index contributed by atoms with van der Waals surface area (Å²) in [5, 5.41) is 2.77. The molecule has 2 atom stereocenters. The van der Waals surface area contributed by atoms with E-state index in [1.807, 2.05) is 30.3 Å². The number of carbonyl (C=O) groups is 2. The smallest absolute Gasteiger partial charge is 0.416 e. The van der Waals surface area contributed by atoms with Crippen LogP contribution < -0.4 is 10.1 Å². The highest BCUT2D eigenvalue weighted by Crippen LogP contribution is 2.31. The maximum Gasteiger partial charge on any atom is 0.416 e. The fraction of sp³-hybridized carbons (Fsp3) is 0.318. The van der Waals surface area contributed by atoms with Gasteiger partial charge in [0, 0.05) is 6.54 Å². The van der Waals surface area contributed by atoms with E-state index >= 15 is 0 Å². The number of ether oxygens (including phenoxy) is 1. The molecule has 0 radical (unpaired) electrons. The van der Waals surface area contributed by atoms with Crippen LogP contribution in [-0.4, -0.2) is 35.3 Å². The van der Waals surface area contributed by atoms with E-state index in [1.165, 1.54) is 24.0 Å². The Balaban J connectivity index is 1.88. The van der Waals surface area contributed by atoms with Crippen molar-refractivity contribution < 1.29 is 27.5 Å². The lowest BCUT2D eigenvalue weighted by Crippen LogP contribution is -2.45. The Hall–Kier alpha value is -3.36. The summed E-state index contributed by atoms with van der Waals surface area (Å²) < 4.78 is 44.5. The van der Waals surface area contributed by atoms with Gasteiger partial charge in [0.05, 0.1) is 17.5 Å². The predicted molar refractivity (Wildman–Crippen MR) is 108 cm³/mol. The van der Waals surface area contributed by atoms with Gasteiger partial charge in [0.25, 0.3) is 6.02 Å². The fourth-order valence-electron chi connectivity index (χ4n) is 3.13. The van der Waals surface area contributed by atoms with E-state index in [4.69, 9.17) is 4.74 Å². The molecule has 0 spiro atoms. The summed E-state index contributed by atoms with van der Waals surface area (Å²) in [7, 11) is 0. The molecule has 1 amide bonds. The Morgan fingerprint density at radius 1 is 1.10 bits per heavy atom. The number of ketones is 1. The standard InChI is InChI=1S/C22H22F3N3O3/c1-14-19(29)15(2)27-21(31-18-10-6-9-17(11-18)22(23,24)25)26-13-28(20(14)30)12-16-7-4-3-5-8-16/h3-11,14-15H,12-13H2,1-2H3,(H,26,27). The van der Waals surface area contributed by atoms with Crippen molar-refractivity contribution in [1.29, 1.82) is 0 Å². The van der Waals surface area contributed by atoms with Crippen molar-refractivity contribution in [3.05, 3.63) is 65.7 Å². The summed E-state index contributed by atoms with van der Waals surface area (Å²) in [6.07, 6.45) is -4.52. The first-order valence-corrected chi connectivity index (χ1v) is 9.67. The number of benzene rings is 2. The van der Waals surface area contributed by atoms with Crippen LogP contribution in [0.25, 0.3) is 0 Å². The average Bonchev–Trinajstić information content (AvgIpc) is 2.77. The highest BCUT2D eigenvalue weighted by Gasteiger charge is 2.33. The first kappa shape index (κ1) is 22.3. The fourth-order valence-corrected chi connectivity index (χ4v) is 3.13. The Kier molecular flexibility index (Phi) is 6.62. The third-order valence-corrected chi connectivity index (χ3v) is 4.85. The van der Waals surface area contributed by atoms with Gasteiger partial charge in [-0.3, -0.25) is 9.59 Å². The zero-order valence-electron chi connectivity index (χ0n) is 17.0. The van der Waals surface area contributed by atoms with Crippen LogP contribution in [0.3, 0.4) is 0 Å². The number of carbonyl (C=O) groups excluding carboxylic acids is 2. The van der Waals surface area contributed by atoms with Gasteiger partial charge in [-0.15, -0.1) is 0 Å². The number of alkyl halides is 3. The molecule has 2 unspecified atom stereocenters. The van der Waals surface area contributed by atoms with Crippen LogP contribution in [0.2, 0.25) is 0 Å². The van der Waals surface area contributed by atoms with Crippen LogP contribution in [0.15, 0.2) is 59.6 Å². The molecule has 6 nitrogen and oxygen atoms in total. The van der Waals surface area contributed by atoms with Gasteiger partial charge in [-0.25, -0.2) is 4.99 Å². The molecule has 0 aromatic heterocycles. The normalized spacial score (nSPS) is 22.0. The van der Waals surface area contributed by atoms with Gasteiger partial charge in [0.1, 0.15) is 12.4 Å². The number of aliphatic imine (C=N–C) groups is 1.